The van der Waals surface area contributed by atoms with Crippen molar-refractivity contribution in [2.75, 3.05) is 19.0 Å². The van der Waals surface area contributed by atoms with E-state index in [1.807, 2.05) is 0 Å². The van der Waals surface area contributed by atoms with Gasteiger partial charge in [0, 0.05) is 6.66 Å². The second-order valence-corrected chi connectivity index (χ2v) is 12.0. The lowest BCUT2D eigenvalue weighted by Crippen LogP contribution is -2.46. The molecule has 0 amide bonds. The van der Waals surface area contributed by atoms with Crippen LogP contribution in [-0.2, 0) is 23.4 Å². The van der Waals surface area contributed by atoms with Crippen LogP contribution in [0.25, 0.3) is 11.2 Å². The van der Waals surface area contributed by atoms with Gasteiger partial charge >= 0.3 is 5.97 Å². The SMILES string of the molecule is C[C@H](NP(C)(=O)OC[C@@]1(F)O[C@@H](n2cnc3c(=O)[nH]c(N)nc32)[C@](C)(O)[C@@H]1F)C(=O)OC1CCCCC1. The number of nitrogen functional groups attached to an aromatic ring is 1. The number of nitrogens with two attached hydrogens (primary N) is 1. The minimum absolute atomic E-state index is 0.169. The van der Waals surface area contributed by atoms with Crippen LogP contribution >= 0.6 is 7.52 Å². The Morgan fingerprint density at radius 1 is 1.46 bits per heavy atom. The molecule has 0 aromatic carbocycles. The lowest BCUT2D eigenvalue weighted by atomic mass is 9.97. The summed E-state index contributed by atoms with van der Waals surface area (Å²) in [6.45, 7) is 2.32. The normalized spacial score (nSPS) is 31.3. The number of carbonyl (C=O) groups excluding carboxylic acids is 1. The molecule has 0 spiro atoms. The number of alkyl halides is 2. The second kappa shape index (κ2) is 10.0. The maximum atomic E-state index is 15.7. The molecule has 1 aliphatic carbocycles. The summed E-state index contributed by atoms with van der Waals surface area (Å²) >= 11 is 0. The van der Waals surface area contributed by atoms with Crippen LogP contribution in [0.5, 0.6) is 0 Å². The largest absolute Gasteiger partial charge is 0.461 e. The van der Waals surface area contributed by atoms with Crippen molar-refractivity contribution in [3.8, 4) is 0 Å². The molecule has 0 bridgehead atoms. The third-order valence-corrected chi connectivity index (χ3v) is 8.00. The molecular formula is C21H31F2N6O7P. The Morgan fingerprint density at radius 3 is 2.81 bits per heavy atom. The van der Waals surface area contributed by atoms with E-state index in [2.05, 4.69) is 20.0 Å². The van der Waals surface area contributed by atoms with E-state index in [1.165, 1.54) is 6.92 Å². The molecule has 6 atom stereocenters. The van der Waals surface area contributed by atoms with E-state index >= 15 is 8.78 Å². The number of imidazole rings is 1. The van der Waals surface area contributed by atoms with Crippen molar-refractivity contribution in [3.63, 3.8) is 0 Å². The number of ether oxygens (including phenoxy) is 2. The molecule has 1 aliphatic heterocycles. The fourth-order valence-corrected chi connectivity index (χ4v) is 5.89. The van der Waals surface area contributed by atoms with Crippen molar-refractivity contribution in [2.24, 2.45) is 0 Å². The van der Waals surface area contributed by atoms with Gasteiger partial charge in [-0.2, -0.15) is 4.98 Å². The smallest absolute Gasteiger partial charge is 0.323 e. The fraction of sp³-hybridized carbons (Fsp3) is 0.714. The van der Waals surface area contributed by atoms with Crippen LogP contribution in [0, 0.1) is 0 Å². The fourth-order valence-electron chi connectivity index (χ4n) is 4.59. The molecule has 37 heavy (non-hydrogen) atoms. The Labute approximate surface area is 210 Å². The van der Waals surface area contributed by atoms with Crippen LogP contribution in [0.15, 0.2) is 11.1 Å². The first-order valence-electron chi connectivity index (χ1n) is 11.9. The van der Waals surface area contributed by atoms with Crippen molar-refractivity contribution in [1.82, 2.24) is 24.6 Å². The number of esters is 1. The standard InChI is InChI=1S/C21H31F2N6O7P/c1-11(16(31)35-12-7-5-4-6-8-12)28-37(3,33)34-9-21(23)17(22)20(2,32)18(36-21)29-10-25-13-14(29)26-19(24)27-15(13)30/h10-12,17-18,32H,4-9H2,1-3H3,(H,28,33)(H3,24,26,27,30)/t11-,17-,18+,20+,21+,37?/m0/s1. The molecule has 16 heteroatoms. The average molecular weight is 548 g/mol. The van der Waals surface area contributed by atoms with E-state index in [0.29, 0.717) is 0 Å². The van der Waals surface area contributed by atoms with Gasteiger partial charge in [-0.3, -0.25) is 23.7 Å². The molecule has 206 valence electrons. The van der Waals surface area contributed by atoms with Gasteiger partial charge in [0.05, 0.1) is 6.33 Å². The number of hydrogen-bond donors (Lipinski definition) is 4. The molecule has 0 radical (unpaired) electrons. The molecule has 2 aromatic rings. The quantitative estimate of drug-likeness (QED) is 0.278. The number of nitrogens with zero attached hydrogens (tertiary/aromatic N) is 3. The van der Waals surface area contributed by atoms with E-state index in [0.717, 1.165) is 56.6 Å². The van der Waals surface area contributed by atoms with Gasteiger partial charge in [-0.15, -0.1) is 0 Å². The maximum Gasteiger partial charge on any atom is 0.323 e. The van der Waals surface area contributed by atoms with Crippen molar-refractivity contribution in [1.29, 1.82) is 0 Å². The Morgan fingerprint density at radius 2 is 2.14 bits per heavy atom. The predicted molar refractivity (Wildman–Crippen MR) is 127 cm³/mol. The highest BCUT2D eigenvalue weighted by Crippen LogP contribution is 2.50. The summed E-state index contributed by atoms with van der Waals surface area (Å²) in [7, 11) is -3.86. The van der Waals surface area contributed by atoms with Gasteiger partial charge in [0.25, 0.3) is 18.9 Å². The highest BCUT2D eigenvalue weighted by molar-refractivity contribution is 7.56. The van der Waals surface area contributed by atoms with Gasteiger partial charge in [-0.1, -0.05) is 6.42 Å². The first-order chi connectivity index (χ1) is 17.2. The van der Waals surface area contributed by atoms with Gasteiger partial charge in [0.15, 0.2) is 23.6 Å². The number of aromatic amines is 1. The van der Waals surface area contributed by atoms with Crippen LogP contribution < -0.4 is 16.4 Å². The molecule has 4 rings (SSSR count). The molecule has 3 heterocycles. The molecular weight excluding hydrogens is 517 g/mol. The summed E-state index contributed by atoms with van der Waals surface area (Å²) in [4.78, 5) is 34.4. The number of halogens is 2. The molecule has 1 saturated carbocycles. The van der Waals surface area contributed by atoms with E-state index in [4.69, 9.17) is 19.7 Å². The lowest BCUT2D eigenvalue weighted by Gasteiger charge is -2.27. The van der Waals surface area contributed by atoms with Crippen molar-refractivity contribution in [2.45, 2.75) is 82.0 Å². The van der Waals surface area contributed by atoms with Gasteiger partial charge < -0.3 is 24.8 Å². The minimum atomic E-state index is -3.86. The van der Waals surface area contributed by atoms with Crippen LogP contribution in [0.2, 0.25) is 0 Å². The zero-order valence-electron chi connectivity index (χ0n) is 20.6. The van der Waals surface area contributed by atoms with Crippen molar-refractivity contribution in [3.05, 3.63) is 16.7 Å². The second-order valence-electron chi connectivity index (χ2n) is 9.79. The summed E-state index contributed by atoms with van der Waals surface area (Å²) in [5.41, 5.74) is 2.03. The van der Waals surface area contributed by atoms with Crippen molar-refractivity contribution >= 4 is 30.6 Å². The number of aliphatic hydroxyl groups is 1. The summed E-state index contributed by atoms with van der Waals surface area (Å²) in [6, 6.07) is -1.04. The third-order valence-electron chi connectivity index (χ3n) is 6.53. The number of carbonyl (C=O) groups is 1. The number of fused-ring (bicyclic) bond motifs is 1. The van der Waals surface area contributed by atoms with Crippen LogP contribution in [0.3, 0.4) is 0 Å². The zero-order valence-corrected chi connectivity index (χ0v) is 21.5. The van der Waals surface area contributed by atoms with Gasteiger partial charge in [0.2, 0.25) is 5.95 Å². The summed E-state index contributed by atoms with van der Waals surface area (Å²) < 4.78 is 60.6. The van der Waals surface area contributed by atoms with Crippen LogP contribution in [0.4, 0.5) is 14.7 Å². The van der Waals surface area contributed by atoms with E-state index in [-0.39, 0.29) is 23.2 Å². The predicted octanol–water partition coefficient (Wildman–Crippen LogP) is 1.68. The van der Waals surface area contributed by atoms with Crippen LogP contribution in [-0.4, -0.2) is 73.6 Å². The minimum Gasteiger partial charge on any atom is -0.461 e. The lowest BCUT2D eigenvalue weighted by molar-refractivity contribution is -0.191. The molecule has 2 aromatic heterocycles. The Bertz CT molecular complexity index is 1270. The summed E-state index contributed by atoms with van der Waals surface area (Å²) in [5.74, 6) is -4.17. The maximum absolute atomic E-state index is 15.7. The number of anilines is 1. The number of nitrogens with one attached hydrogen (secondary N) is 2. The van der Waals surface area contributed by atoms with Crippen LogP contribution in [0.1, 0.15) is 52.2 Å². The van der Waals surface area contributed by atoms with Crippen molar-refractivity contribution < 1.29 is 37.2 Å². The topological polar surface area (TPSA) is 184 Å². The molecule has 5 N–H and O–H groups in total. The third kappa shape index (κ3) is 5.55. The monoisotopic (exact) mass is 548 g/mol. The van der Waals surface area contributed by atoms with Gasteiger partial charge in [0.1, 0.15) is 24.4 Å². The highest BCUT2D eigenvalue weighted by atomic mass is 31.2. The molecule has 2 aliphatic rings. The summed E-state index contributed by atoms with van der Waals surface area (Å²) in [6.07, 6.45) is 0.903. The number of rotatable bonds is 8. The number of H-pyrrole nitrogens is 1. The van der Waals surface area contributed by atoms with Gasteiger partial charge in [-0.25, -0.2) is 18.9 Å². The Kier molecular flexibility index (Phi) is 7.47. The van der Waals surface area contributed by atoms with E-state index < -0.39 is 55.6 Å². The molecule has 13 nitrogen and oxygen atoms in total. The number of hydrogen-bond acceptors (Lipinski definition) is 10. The van der Waals surface area contributed by atoms with E-state index in [1.54, 1.807) is 0 Å². The van der Waals surface area contributed by atoms with E-state index in [9.17, 15) is 19.3 Å². The molecule has 1 saturated heterocycles. The summed E-state index contributed by atoms with van der Waals surface area (Å²) in [5, 5.41) is 13.3. The molecule has 1 unspecified atom stereocenters. The highest BCUT2D eigenvalue weighted by Gasteiger charge is 2.65. The molecule has 2 fully saturated rings. The first kappa shape index (κ1) is 27.6. The average Bonchev–Trinajstić information content (AvgIpc) is 3.31. The Hall–Kier alpha value is -2.45. The zero-order chi connectivity index (χ0) is 27.2. The van der Waals surface area contributed by atoms with Gasteiger partial charge in [-0.05, 0) is 39.5 Å². The number of aromatic nitrogens is 4. The first-order valence-corrected chi connectivity index (χ1v) is 14.0. The Balaban J connectivity index is 1.44.